The molecule has 1 spiro atoms. The number of rotatable bonds is 2. The first-order chi connectivity index (χ1) is 6.05. The van der Waals surface area contributed by atoms with Crippen LogP contribution in [0.25, 0.3) is 0 Å². The normalized spacial score (nSPS) is 43.0. The van der Waals surface area contributed by atoms with Gasteiger partial charge in [0.15, 0.2) is 0 Å². The van der Waals surface area contributed by atoms with E-state index < -0.39 is 5.97 Å². The van der Waals surface area contributed by atoms with Crippen LogP contribution in [0, 0.1) is 17.3 Å². The molecule has 0 aromatic carbocycles. The van der Waals surface area contributed by atoms with Crippen molar-refractivity contribution in [3.63, 3.8) is 0 Å². The fraction of sp³-hybridized carbons (Fsp3) is 0.900. The molecule has 1 unspecified atom stereocenters. The highest BCUT2D eigenvalue weighted by Crippen LogP contribution is 2.60. The molecule has 0 amide bonds. The molecule has 0 radical (unpaired) electrons. The third kappa shape index (κ3) is 1.35. The molecule has 1 saturated heterocycles. The molecule has 13 heavy (non-hydrogen) atoms. The van der Waals surface area contributed by atoms with Crippen molar-refractivity contribution >= 4 is 5.97 Å². The highest BCUT2D eigenvalue weighted by atomic mass is 16.4. The van der Waals surface area contributed by atoms with E-state index in [4.69, 9.17) is 5.11 Å². The Morgan fingerprint density at radius 1 is 1.54 bits per heavy atom. The molecule has 74 valence electrons. The van der Waals surface area contributed by atoms with Crippen LogP contribution in [0.4, 0.5) is 0 Å². The molecule has 3 heteroatoms. The number of aliphatic carboxylic acids is 1. The summed E-state index contributed by atoms with van der Waals surface area (Å²) in [5, 5.41) is 11.9. The van der Waals surface area contributed by atoms with Gasteiger partial charge in [-0.3, -0.25) is 4.79 Å². The number of nitrogens with one attached hydrogen (secondary N) is 1. The summed E-state index contributed by atoms with van der Waals surface area (Å²) >= 11 is 0. The molecule has 3 atom stereocenters. The van der Waals surface area contributed by atoms with Crippen LogP contribution >= 0.6 is 0 Å². The van der Waals surface area contributed by atoms with Crippen LogP contribution in [0.2, 0.25) is 0 Å². The Bertz CT molecular complexity index is 239. The minimum absolute atomic E-state index is 0.288. The van der Waals surface area contributed by atoms with Crippen molar-refractivity contribution in [2.75, 3.05) is 6.54 Å². The molecule has 2 aliphatic rings. The van der Waals surface area contributed by atoms with Gasteiger partial charge >= 0.3 is 5.97 Å². The van der Waals surface area contributed by atoms with Crippen LogP contribution in [-0.2, 0) is 4.79 Å². The maximum Gasteiger partial charge on any atom is 0.320 e. The van der Waals surface area contributed by atoms with Gasteiger partial charge in [0.1, 0.15) is 6.04 Å². The Hall–Kier alpha value is -0.570. The van der Waals surface area contributed by atoms with E-state index in [0.29, 0.717) is 11.3 Å². The standard InChI is InChI=1S/C10H17NO2/c1-6(2)7-3-10(7)4-8(9(12)13)11-5-10/h6-8,11H,3-5H2,1-2H3,(H,12,13)/t7?,8-,10-/m0/s1. The Kier molecular flexibility index (Phi) is 1.88. The minimum Gasteiger partial charge on any atom is -0.480 e. The van der Waals surface area contributed by atoms with Gasteiger partial charge in [-0.1, -0.05) is 13.8 Å². The van der Waals surface area contributed by atoms with Gasteiger partial charge in [-0.15, -0.1) is 0 Å². The average Bonchev–Trinajstić information content (AvgIpc) is 2.52. The minimum atomic E-state index is -0.689. The van der Waals surface area contributed by atoms with Crippen LogP contribution in [-0.4, -0.2) is 23.7 Å². The fourth-order valence-electron chi connectivity index (χ4n) is 2.81. The maximum atomic E-state index is 10.7. The molecule has 1 heterocycles. The molecule has 1 saturated carbocycles. The molecule has 1 aliphatic heterocycles. The van der Waals surface area contributed by atoms with Gasteiger partial charge in [-0.05, 0) is 30.1 Å². The average molecular weight is 183 g/mol. The fourth-order valence-corrected chi connectivity index (χ4v) is 2.81. The summed E-state index contributed by atoms with van der Waals surface area (Å²) in [4.78, 5) is 10.7. The highest BCUT2D eigenvalue weighted by molar-refractivity contribution is 5.74. The molecule has 0 aromatic rings. The number of carboxylic acids is 1. The number of carboxylic acid groups (broad SMARTS) is 1. The van der Waals surface area contributed by atoms with Crippen LogP contribution in [0.3, 0.4) is 0 Å². The van der Waals surface area contributed by atoms with Crippen molar-refractivity contribution in [3.8, 4) is 0 Å². The lowest BCUT2D eigenvalue weighted by Gasteiger charge is -2.09. The Morgan fingerprint density at radius 3 is 2.62 bits per heavy atom. The van der Waals surface area contributed by atoms with Gasteiger partial charge in [0.25, 0.3) is 0 Å². The van der Waals surface area contributed by atoms with Crippen molar-refractivity contribution in [1.29, 1.82) is 0 Å². The monoisotopic (exact) mass is 183 g/mol. The summed E-state index contributed by atoms with van der Waals surface area (Å²) in [6.07, 6.45) is 2.06. The molecular formula is C10H17NO2. The van der Waals surface area contributed by atoms with Crippen molar-refractivity contribution in [2.45, 2.75) is 32.7 Å². The third-order valence-corrected chi connectivity index (χ3v) is 3.67. The summed E-state index contributed by atoms with van der Waals surface area (Å²) in [6, 6.07) is -0.288. The van der Waals surface area contributed by atoms with E-state index >= 15 is 0 Å². The Labute approximate surface area is 78.5 Å². The third-order valence-electron chi connectivity index (χ3n) is 3.67. The topological polar surface area (TPSA) is 49.3 Å². The zero-order chi connectivity index (χ0) is 9.64. The molecule has 2 N–H and O–H groups in total. The maximum absolute atomic E-state index is 10.7. The van der Waals surface area contributed by atoms with E-state index in [-0.39, 0.29) is 6.04 Å². The quantitative estimate of drug-likeness (QED) is 0.674. The van der Waals surface area contributed by atoms with Crippen LogP contribution < -0.4 is 5.32 Å². The van der Waals surface area contributed by atoms with Crippen molar-refractivity contribution in [1.82, 2.24) is 5.32 Å². The largest absolute Gasteiger partial charge is 0.480 e. The summed E-state index contributed by atoms with van der Waals surface area (Å²) in [6.45, 7) is 5.37. The molecule has 2 fully saturated rings. The van der Waals surface area contributed by atoms with E-state index in [1.165, 1.54) is 6.42 Å². The summed E-state index contributed by atoms with van der Waals surface area (Å²) in [7, 11) is 0. The SMILES string of the molecule is CC(C)C1C[C@]12CN[C@H](C(=O)O)C2. The Morgan fingerprint density at radius 2 is 2.23 bits per heavy atom. The zero-order valence-corrected chi connectivity index (χ0v) is 8.21. The molecule has 2 rings (SSSR count). The van der Waals surface area contributed by atoms with Gasteiger partial charge in [0, 0.05) is 6.54 Å². The van der Waals surface area contributed by atoms with Gasteiger partial charge in [-0.25, -0.2) is 0 Å². The number of hydrogen-bond acceptors (Lipinski definition) is 2. The van der Waals surface area contributed by atoms with Crippen LogP contribution in [0.5, 0.6) is 0 Å². The molecule has 3 nitrogen and oxygen atoms in total. The zero-order valence-electron chi connectivity index (χ0n) is 8.21. The lowest BCUT2D eigenvalue weighted by Crippen LogP contribution is -2.29. The molecule has 1 aliphatic carbocycles. The Balaban J connectivity index is 1.97. The van der Waals surface area contributed by atoms with E-state index in [2.05, 4.69) is 19.2 Å². The van der Waals surface area contributed by atoms with E-state index in [0.717, 1.165) is 18.9 Å². The van der Waals surface area contributed by atoms with Crippen molar-refractivity contribution < 1.29 is 9.90 Å². The lowest BCUT2D eigenvalue weighted by molar-refractivity contribution is -0.139. The molecule has 0 aromatic heterocycles. The summed E-state index contributed by atoms with van der Waals surface area (Å²) in [5.74, 6) is 0.768. The van der Waals surface area contributed by atoms with Gasteiger partial charge in [-0.2, -0.15) is 0 Å². The van der Waals surface area contributed by atoms with Crippen molar-refractivity contribution in [2.24, 2.45) is 17.3 Å². The first-order valence-corrected chi connectivity index (χ1v) is 5.01. The highest BCUT2D eigenvalue weighted by Gasteiger charge is 2.59. The smallest absolute Gasteiger partial charge is 0.320 e. The lowest BCUT2D eigenvalue weighted by atomic mass is 9.94. The first-order valence-electron chi connectivity index (χ1n) is 5.01. The predicted octanol–water partition coefficient (Wildman–Crippen LogP) is 1.10. The second-order valence-electron chi connectivity index (χ2n) is 4.89. The number of carbonyl (C=O) groups is 1. The summed E-state index contributed by atoms with van der Waals surface area (Å²) in [5.41, 5.74) is 0.344. The second-order valence-corrected chi connectivity index (χ2v) is 4.89. The van der Waals surface area contributed by atoms with Gasteiger partial charge in [0.05, 0.1) is 0 Å². The number of hydrogen-bond donors (Lipinski definition) is 2. The van der Waals surface area contributed by atoms with Crippen LogP contribution in [0.15, 0.2) is 0 Å². The van der Waals surface area contributed by atoms with Crippen molar-refractivity contribution in [3.05, 3.63) is 0 Å². The van der Waals surface area contributed by atoms with E-state index in [1.807, 2.05) is 0 Å². The summed E-state index contributed by atoms with van der Waals surface area (Å²) < 4.78 is 0. The van der Waals surface area contributed by atoms with E-state index in [9.17, 15) is 4.79 Å². The first kappa shape index (κ1) is 9.00. The van der Waals surface area contributed by atoms with Gasteiger partial charge < -0.3 is 10.4 Å². The van der Waals surface area contributed by atoms with Gasteiger partial charge in [0.2, 0.25) is 0 Å². The predicted molar refractivity (Wildman–Crippen MR) is 49.4 cm³/mol. The molecule has 0 bridgehead atoms. The van der Waals surface area contributed by atoms with Crippen LogP contribution in [0.1, 0.15) is 26.7 Å². The second kappa shape index (κ2) is 2.71. The molecular weight excluding hydrogens is 166 g/mol. The van der Waals surface area contributed by atoms with E-state index in [1.54, 1.807) is 0 Å².